The molecule has 0 unspecified atom stereocenters. The summed E-state index contributed by atoms with van der Waals surface area (Å²) in [4.78, 5) is 37.2. The second kappa shape index (κ2) is 8.35. The van der Waals surface area contributed by atoms with Crippen LogP contribution < -0.4 is 10.6 Å². The van der Waals surface area contributed by atoms with Gasteiger partial charge in [-0.2, -0.15) is 0 Å². The molecule has 0 saturated heterocycles. The van der Waals surface area contributed by atoms with Crippen LogP contribution in [-0.2, 0) is 22.4 Å². The van der Waals surface area contributed by atoms with Crippen molar-refractivity contribution in [1.82, 2.24) is 10.6 Å². The zero-order chi connectivity index (χ0) is 19.4. The van der Waals surface area contributed by atoms with Crippen LogP contribution in [0.15, 0.2) is 30.3 Å². The Morgan fingerprint density at radius 2 is 1.93 bits per heavy atom. The molecule has 1 atom stereocenters. The maximum absolute atomic E-state index is 12.3. The normalized spacial score (nSPS) is 13.1. The van der Waals surface area contributed by atoms with E-state index < -0.39 is 24.5 Å². The van der Waals surface area contributed by atoms with E-state index >= 15 is 0 Å². The van der Waals surface area contributed by atoms with Crippen LogP contribution in [0.4, 0.5) is 4.79 Å². The number of esters is 1. The van der Waals surface area contributed by atoms with Crippen molar-refractivity contribution in [3.63, 3.8) is 0 Å². The van der Waals surface area contributed by atoms with Gasteiger partial charge in [-0.15, -0.1) is 11.3 Å². The monoisotopic (exact) mass is 386 g/mol. The highest BCUT2D eigenvalue weighted by Gasteiger charge is 2.22. The molecule has 0 fully saturated rings. The van der Waals surface area contributed by atoms with Gasteiger partial charge in [0.15, 0.2) is 6.61 Å². The largest absolute Gasteiger partial charge is 0.451 e. The molecule has 7 heteroatoms. The number of thiophene rings is 1. The molecule has 1 aliphatic carbocycles. The molecule has 0 bridgehead atoms. The Labute approximate surface area is 161 Å². The lowest BCUT2D eigenvalue weighted by Crippen LogP contribution is -2.44. The zero-order valence-electron chi connectivity index (χ0n) is 15.3. The molecule has 2 aromatic rings. The number of carbonyl (C=O) groups excluding carboxylic acids is 3. The Morgan fingerprint density at radius 3 is 2.70 bits per heavy atom. The maximum atomic E-state index is 12.3. The highest BCUT2D eigenvalue weighted by atomic mass is 32.1. The van der Waals surface area contributed by atoms with Crippen molar-refractivity contribution >= 4 is 29.2 Å². The smallest absolute Gasteiger partial charge is 0.348 e. The van der Waals surface area contributed by atoms with Crippen LogP contribution >= 0.6 is 11.3 Å². The van der Waals surface area contributed by atoms with Crippen molar-refractivity contribution in [3.05, 3.63) is 46.3 Å². The molecule has 0 radical (unpaired) electrons. The van der Waals surface area contributed by atoms with Crippen molar-refractivity contribution in [2.24, 2.45) is 0 Å². The van der Waals surface area contributed by atoms with E-state index in [4.69, 9.17) is 4.74 Å². The average molecular weight is 386 g/mol. The Balaban J connectivity index is 1.58. The summed E-state index contributed by atoms with van der Waals surface area (Å²) in [6.45, 7) is 3.26. The minimum Gasteiger partial charge on any atom is -0.451 e. The molecule has 3 rings (SSSR count). The number of carbonyl (C=O) groups is 3. The van der Waals surface area contributed by atoms with Crippen molar-refractivity contribution in [3.8, 4) is 10.4 Å². The van der Waals surface area contributed by atoms with Crippen molar-refractivity contribution in [1.29, 1.82) is 0 Å². The third kappa shape index (κ3) is 4.54. The number of hydrogen-bond donors (Lipinski definition) is 2. The van der Waals surface area contributed by atoms with Crippen LogP contribution in [0.5, 0.6) is 0 Å². The summed E-state index contributed by atoms with van der Waals surface area (Å²) >= 11 is 1.38. The van der Waals surface area contributed by atoms with E-state index in [1.165, 1.54) is 16.9 Å². The SMILES string of the molecule is CC[C@H](C)NC(=O)NC(=O)COC(=O)c1cc2c(s1)-c1ccccc1CC2. The fourth-order valence-corrected chi connectivity index (χ4v) is 4.06. The van der Waals surface area contributed by atoms with E-state index in [1.807, 2.05) is 32.0 Å². The molecule has 3 amide bonds. The third-order valence-electron chi connectivity index (χ3n) is 4.51. The predicted octanol–water partition coefficient (Wildman–Crippen LogP) is 3.29. The molecule has 1 heterocycles. The van der Waals surface area contributed by atoms with Crippen LogP contribution in [0.1, 0.15) is 41.1 Å². The molecule has 0 spiro atoms. The molecule has 1 aliphatic rings. The first-order chi connectivity index (χ1) is 13.0. The van der Waals surface area contributed by atoms with Crippen molar-refractivity contribution in [2.45, 2.75) is 39.2 Å². The summed E-state index contributed by atoms with van der Waals surface area (Å²) in [6, 6.07) is 9.37. The zero-order valence-corrected chi connectivity index (χ0v) is 16.2. The number of hydrogen-bond acceptors (Lipinski definition) is 5. The number of ether oxygens (including phenoxy) is 1. The number of aryl methyl sites for hydroxylation is 2. The Kier molecular flexibility index (Phi) is 5.91. The topological polar surface area (TPSA) is 84.5 Å². The van der Waals surface area contributed by atoms with E-state index in [0.29, 0.717) is 4.88 Å². The minimum absolute atomic E-state index is 0.0410. The fraction of sp³-hybridized carbons (Fsp3) is 0.350. The van der Waals surface area contributed by atoms with Gasteiger partial charge in [0, 0.05) is 10.9 Å². The number of amides is 3. The van der Waals surface area contributed by atoms with Gasteiger partial charge in [0.05, 0.1) is 0 Å². The molecule has 1 aromatic heterocycles. The summed E-state index contributed by atoms with van der Waals surface area (Å²) < 4.78 is 5.07. The lowest BCUT2D eigenvalue weighted by atomic mass is 9.91. The highest BCUT2D eigenvalue weighted by molar-refractivity contribution is 7.17. The van der Waals surface area contributed by atoms with Crippen LogP contribution in [0, 0.1) is 0 Å². The second-order valence-corrected chi connectivity index (χ2v) is 7.58. The molecule has 2 N–H and O–H groups in total. The van der Waals surface area contributed by atoms with Gasteiger partial charge in [0.2, 0.25) is 0 Å². The van der Waals surface area contributed by atoms with E-state index in [1.54, 1.807) is 0 Å². The molecular formula is C20H22N2O4S. The lowest BCUT2D eigenvalue weighted by Gasteiger charge is -2.15. The molecule has 27 heavy (non-hydrogen) atoms. The van der Waals surface area contributed by atoms with Crippen molar-refractivity contribution in [2.75, 3.05) is 6.61 Å². The second-order valence-electron chi connectivity index (χ2n) is 6.53. The quantitative estimate of drug-likeness (QED) is 0.772. The molecular weight excluding hydrogens is 364 g/mol. The maximum Gasteiger partial charge on any atom is 0.348 e. The molecule has 142 valence electrons. The van der Waals surface area contributed by atoms with Gasteiger partial charge in [-0.25, -0.2) is 9.59 Å². The predicted molar refractivity (Wildman–Crippen MR) is 104 cm³/mol. The van der Waals surface area contributed by atoms with Gasteiger partial charge in [-0.1, -0.05) is 31.2 Å². The van der Waals surface area contributed by atoms with E-state index in [2.05, 4.69) is 22.8 Å². The number of imide groups is 1. The summed E-state index contributed by atoms with van der Waals surface area (Å²) in [6.07, 6.45) is 2.58. The standard InChI is InChI=1S/C20H22N2O4S/c1-3-12(2)21-20(25)22-17(23)11-26-19(24)16-10-14-9-8-13-6-4-5-7-15(13)18(14)27-16/h4-7,10,12H,3,8-9,11H2,1-2H3,(H2,21,22,23,25)/t12-/m0/s1. The molecule has 6 nitrogen and oxygen atoms in total. The number of urea groups is 1. The van der Waals surface area contributed by atoms with Crippen LogP contribution in [-0.4, -0.2) is 30.6 Å². The van der Waals surface area contributed by atoms with E-state index in [0.717, 1.165) is 35.3 Å². The summed E-state index contributed by atoms with van der Waals surface area (Å²) in [5, 5.41) is 4.76. The van der Waals surface area contributed by atoms with Crippen LogP contribution in [0.3, 0.4) is 0 Å². The Bertz CT molecular complexity index is 875. The molecule has 0 aliphatic heterocycles. The lowest BCUT2D eigenvalue weighted by molar-refractivity contribution is -0.123. The van der Waals surface area contributed by atoms with Gasteiger partial charge in [-0.05, 0) is 48.9 Å². The van der Waals surface area contributed by atoms with Gasteiger partial charge in [0.25, 0.3) is 5.91 Å². The Hall–Kier alpha value is -2.67. The highest BCUT2D eigenvalue weighted by Crippen LogP contribution is 2.39. The summed E-state index contributed by atoms with van der Waals surface area (Å²) in [5.74, 6) is -1.21. The van der Waals surface area contributed by atoms with Gasteiger partial charge in [0.1, 0.15) is 4.88 Å². The minimum atomic E-state index is -0.657. The van der Waals surface area contributed by atoms with E-state index in [-0.39, 0.29) is 6.04 Å². The van der Waals surface area contributed by atoms with Crippen LogP contribution in [0.25, 0.3) is 10.4 Å². The molecule has 0 saturated carbocycles. The first-order valence-corrected chi connectivity index (χ1v) is 9.78. The summed E-state index contributed by atoms with van der Waals surface area (Å²) in [5.41, 5.74) is 3.56. The third-order valence-corrected chi connectivity index (χ3v) is 5.70. The summed E-state index contributed by atoms with van der Waals surface area (Å²) in [7, 11) is 0. The fourth-order valence-electron chi connectivity index (χ4n) is 2.90. The first kappa shape index (κ1) is 19.1. The van der Waals surface area contributed by atoms with E-state index in [9.17, 15) is 14.4 Å². The number of fused-ring (bicyclic) bond motifs is 3. The number of nitrogens with one attached hydrogen (secondary N) is 2. The van der Waals surface area contributed by atoms with Gasteiger partial charge < -0.3 is 10.1 Å². The number of rotatable bonds is 5. The van der Waals surface area contributed by atoms with Crippen molar-refractivity contribution < 1.29 is 19.1 Å². The van der Waals surface area contributed by atoms with Gasteiger partial charge in [-0.3, -0.25) is 10.1 Å². The number of benzene rings is 1. The molecule has 1 aromatic carbocycles. The van der Waals surface area contributed by atoms with Gasteiger partial charge >= 0.3 is 12.0 Å². The first-order valence-electron chi connectivity index (χ1n) is 8.96. The van der Waals surface area contributed by atoms with Crippen LogP contribution in [0.2, 0.25) is 0 Å². The average Bonchev–Trinajstić information content (AvgIpc) is 3.10. The Morgan fingerprint density at radius 1 is 1.19 bits per heavy atom.